The van der Waals surface area contributed by atoms with E-state index in [1.807, 2.05) is 0 Å². The second kappa shape index (κ2) is 9.34. The topological polar surface area (TPSA) is 82.1 Å². The summed E-state index contributed by atoms with van der Waals surface area (Å²) in [4.78, 5) is 38.2. The highest BCUT2D eigenvalue weighted by Gasteiger charge is 2.40. The fourth-order valence-corrected chi connectivity index (χ4v) is 3.73. The first-order valence-corrected chi connectivity index (χ1v) is 13.1. The summed E-state index contributed by atoms with van der Waals surface area (Å²) in [6, 6.07) is 5.39. The summed E-state index contributed by atoms with van der Waals surface area (Å²) in [5, 5.41) is 0. The molecule has 0 radical (unpaired) electrons. The van der Waals surface area contributed by atoms with Crippen molar-refractivity contribution >= 4 is 25.7 Å². The smallest absolute Gasteiger partial charge is 0.329 e. The Morgan fingerprint density at radius 2 is 1.96 bits per heavy atom. The van der Waals surface area contributed by atoms with E-state index in [0.717, 1.165) is 6.04 Å². The molecule has 1 aromatic carbocycles. The standard InChI is InChI=1S/C20H29NO6Si/c1-14-7-6-8-17(27-13-26-9-10-28(3,4)5)18(14)19(23)21-12-15(22)11-16(21)20(24)25-2/h6-8,16H,9-13H2,1-5H3/t16-/m0/s1. The minimum Gasteiger partial charge on any atom is -0.467 e. The van der Waals surface area contributed by atoms with E-state index in [2.05, 4.69) is 19.6 Å². The molecule has 2 rings (SSSR count). The van der Waals surface area contributed by atoms with Crippen LogP contribution in [-0.2, 0) is 19.1 Å². The van der Waals surface area contributed by atoms with Crippen molar-refractivity contribution in [3.8, 4) is 5.75 Å². The molecule has 0 aromatic heterocycles. The van der Waals surface area contributed by atoms with Crippen LogP contribution in [0, 0.1) is 6.92 Å². The summed E-state index contributed by atoms with van der Waals surface area (Å²) in [5.74, 6) is -0.808. The third kappa shape index (κ3) is 5.65. The summed E-state index contributed by atoms with van der Waals surface area (Å²) >= 11 is 0. The van der Waals surface area contributed by atoms with Crippen molar-refractivity contribution < 1.29 is 28.6 Å². The summed E-state index contributed by atoms with van der Waals surface area (Å²) in [5.41, 5.74) is 1.03. The second-order valence-corrected chi connectivity index (χ2v) is 13.8. The molecule has 1 aromatic rings. The van der Waals surface area contributed by atoms with Crippen LogP contribution in [0.3, 0.4) is 0 Å². The van der Waals surface area contributed by atoms with Gasteiger partial charge in [0.25, 0.3) is 5.91 Å². The number of nitrogens with zero attached hydrogens (tertiary/aromatic N) is 1. The van der Waals surface area contributed by atoms with Gasteiger partial charge in [-0.25, -0.2) is 4.79 Å². The Morgan fingerprint density at radius 3 is 2.61 bits per heavy atom. The van der Waals surface area contributed by atoms with Crippen LogP contribution in [-0.4, -0.2) is 63.7 Å². The summed E-state index contributed by atoms with van der Waals surface area (Å²) in [6.07, 6.45) is -0.0275. The molecule has 0 aliphatic carbocycles. The molecule has 1 aliphatic heterocycles. The molecule has 154 valence electrons. The third-order valence-electron chi connectivity index (χ3n) is 4.62. The average molecular weight is 408 g/mol. The zero-order valence-electron chi connectivity index (χ0n) is 17.2. The first-order chi connectivity index (χ1) is 13.1. The number of likely N-dealkylation sites (tertiary alicyclic amines) is 1. The molecule has 0 bridgehead atoms. The number of ether oxygens (including phenoxy) is 3. The molecule has 0 spiro atoms. The molecular formula is C20H29NO6Si. The van der Waals surface area contributed by atoms with Gasteiger partial charge in [-0.15, -0.1) is 0 Å². The van der Waals surface area contributed by atoms with Gasteiger partial charge in [0.05, 0.1) is 19.2 Å². The maximum absolute atomic E-state index is 13.1. The number of carbonyl (C=O) groups excluding carboxylic acids is 3. The normalized spacial score (nSPS) is 17.0. The Balaban J connectivity index is 2.13. The molecule has 28 heavy (non-hydrogen) atoms. The predicted octanol–water partition coefficient (Wildman–Crippen LogP) is 2.64. The molecule has 0 saturated carbocycles. The Bertz CT molecular complexity index is 743. The minimum absolute atomic E-state index is 0.0275. The van der Waals surface area contributed by atoms with Gasteiger partial charge in [0, 0.05) is 21.1 Å². The number of amides is 1. The van der Waals surface area contributed by atoms with E-state index < -0.39 is 26.0 Å². The number of ketones is 1. The number of rotatable bonds is 8. The molecular weight excluding hydrogens is 378 g/mol. The quantitative estimate of drug-likeness (QED) is 0.285. The summed E-state index contributed by atoms with van der Waals surface area (Å²) < 4.78 is 16.0. The van der Waals surface area contributed by atoms with Crippen LogP contribution in [0.15, 0.2) is 18.2 Å². The summed E-state index contributed by atoms with van der Waals surface area (Å²) in [7, 11) is 0.0561. The molecule has 1 fully saturated rings. The molecule has 1 saturated heterocycles. The minimum atomic E-state index is -1.19. The van der Waals surface area contributed by atoms with Crippen molar-refractivity contribution in [2.75, 3.05) is 27.1 Å². The molecule has 7 nitrogen and oxygen atoms in total. The number of esters is 1. The van der Waals surface area contributed by atoms with E-state index in [1.54, 1.807) is 25.1 Å². The Labute approximate surface area is 167 Å². The van der Waals surface area contributed by atoms with Gasteiger partial charge in [-0.3, -0.25) is 9.59 Å². The molecule has 0 N–H and O–H groups in total. The van der Waals surface area contributed by atoms with Crippen molar-refractivity contribution in [2.24, 2.45) is 0 Å². The summed E-state index contributed by atoms with van der Waals surface area (Å²) in [6.45, 7) is 9.12. The van der Waals surface area contributed by atoms with E-state index in [9.17, 15) is 14.4 Å². The van der Waals surface area contributed by atoms with Crippen LogP contribution in [0.2, 0.25) is 25.7 Å². The highest BCUT2D eigenvalue weighted by molar-refractivity contribution is 6.76. The van der Waals surface area contributed by atoms with Crippen molar-refractivity contribution in [1.82, 2.24) is 4.90 Å². The average Bonchev–Trinajstić information content (AvgIpc) is 3.01. The molecule has 1 aliphatic rings. The van der Waals surface area contributed by atoms with Crippen LogP contribution >= 0.6 is 0 Å². The van der Waals surface area contributed by atoms with E-state index >= 15 is 0 Å². The SMILES string of the molecule is COC(=O)[C@@H]1CC(=O)CN1C(=O)c1c(C)cccc1OCOCC[Si](C)(C)C. The Morgan fingerprint density at radius 1 is 1.25 bits per heavy atom. The van der Waals surface area contributed by atoms with Crippen molar-refractivity contribution in [2.45, 2.75) is 45.1 Å². The van der Waals surface area contributed by atoms with Gasteiger partial charge in [0.2, 0.25) is 0 Å². The zero-order valence-corrected chi connectivity index (χ0v) is 18.2. The molecule has 1 heterocycles. The lowest BCUT2D eigenvalue weighted by Crippen LogP contribution is -2.41. The maximum atomic E-state index is 13.1. The van der Waals surface area contributed by atoms with E-state index in [4.69, 9.17) is 14.2 Å². The lowest BCUT2D eigenvalue weighted by molar-refractivity contribution is -0.145. The highest BCUT2D eigenvalue weighted by atomic mass is 28.3. The van der Waals surface area contributed by atoms with Gasteiger partial charge in [0.1, 0.15) is 11.8 Å². The number of carbonyl (C=O) groups is 3. The fraction of sp³-hybridized carbons (Fsp3) is 0.550. The second-order valence-electron chi connectivity index (χ2n) is 8.14. The van der Waals surface area contributed by atoms with Crippen molar-refractivity contribution in [3.05, 3.63) is 29.3 Å². The predicted molar refractivity (Wildman–Crippen MR) is 107 cm³/mol. The van der Waals surface area contributed by atoms with Crippen LogP contribution in [0.5, 0.6) is 5.75 Å². The van der Waals surface area contributed by atoms with Gasteiger partial charge < -0.3 is 19.1 Å². The number of hydrogen-bond donors (Lipinski definition) is 0. The Hall–Kier alpha value is -2.19. The number of methoxy groups -OCH3 is 1. The molecule has 0 unspecified atom stereocenters. The van der Waals surface area contributed by atoms with Crippen LogP contribution in [0.4, 0.5) is 0 Å². The maximum Gasteiger partial charge on any atom is 0.329 e. The van der Waals surface area contributed by atoms with Crippen molar-refractivity contribution in [1.29, 1.82) is 0 Å². The first kappa shape index (κ1) is 22.1. The molecule has 1 amide bonds. The van der Waals surface area contributed by atoms with E-state index in [0.29, 0.717) is 23.5 Å². The van der Waals surface area contributed by atoms with Gasteiger partial charge in [-0.2, -0.15) is 0 Å². The fourth-order valence-electron chi connectivity index (χ4n) is 2.97. The monoisotopic (exact) mass is 407 g/mol. The van der Waals surface area contributed by atoms with Gasteiger partial charge >= 0.3 is 5.97 Å². The number of aryl methyl sites for hydroxylation is 1. The van der Waals surface area contributed by atoms with E-state index in [-0.39, 0.29) is 25.5 Å². The van der Waals surface area contributed by atoms with E-state index in [1.165, 1.54) is 12.0 Å². The lowest BCUT2D eigenvalue weighted by Gasteiger charge is -2.24. The zero-order chi connectivity index (χ0) is 20.9. The van der Waals surface area contributed by atoms with Gasteiger partial charge in [-0.1, -0.05) is 31.8 Å². The van der Waals surface area contributed by atoms with Gasteiger partial charge in [0.15, 0.2) is 12.6 Å². The van der Waals surface area contributed by atoms with Crippen LogP contribution < -0.4 is 4.74 Å². The largest absolute Gasteiger partial charge is 0.467 e. The van der Waals surface area contributed by atoms with Gasteiger partial charge in [-0.05, 0) is 24.6 Å². The Kier molecular flexibility index (Phi) is 7.37. The molecule has 8 heteroatoms. The number of Topliss-reactive ketones (excluding diaryl/α,β-unsaturated/α-hetero) is 1. The lowest BCUT2D eigenvalue weighted by atomic mass is 10.1. The van der Waals surface area contributed by atoms with Crippen molar-refractivity contribution in [3.63, 3.8) is 0 Å². The third-order valence-corrected chi connectivity index (χ3v) is 6.32. The van der Waals surface area contributed by atoms with Crippen LogP contribution in [0.1, 0.15) is 22.3 Å². The first-order valence-electron chi connectivity index (χ1n) is 9.34. The van der Waals surface area contributed by atoms with Crippen LogP contribution in [0.25, 0.3) is 0 Å². The number of hydrogen-bond acceptors (Lipinski definition) is 6. The highest BCUT2D eigenvalue weighted by Crippen LogP contribution is 2.27. The number of benzene rings is 1. The molecule has 1 atom stereocenters.